The Balaban J connectivity index is 1.95. The molecule has 0 unspecified atom stereocenters. The Hall–Kier alpha value is -2.69. The van der Waals surface area contributed by atoms with E-state index in [4.69, 9.17) is 0 Å². The Bertz CT molecular complexity index is 1240. The summed E-state index contributed by atoms with van der Waals surface area (Å²) in [6.07, 6.45) is -0.647. The fourth-order valence-electron chi connectivity index (χ4n) is 2.92. The summed E-state index contributed by atoms with van der Waals surface area (Å²) in [5.41, 5.74) is -1.24. The van der Waals surface area contributed by atoms with Crippen LogP contribution >= 0.6 is 0 Å². The van der Waals surface area contributed by atoms with E-state index in [2.05, 4.69) is 10.1 Å². The van der Waals surface area contributed by atoms with E-state index >= 15 is 0 Å². The molecule has 11 heteroatoms. The van der Waals surface area contributed by atoms with E-state index < -0.39 is 27.3 Å². The lowest BCUT2D eigenvalue weighted by Gasteiger charge is -2.09. The smallest absolute Gasteiger partial charge is 0.249 e. The Kier molecular flexibility index (Phi) is 4.11. The number of sulfone groups is 1. The second kappa shape index (κ2) is 6.16. The van der Waals surface area contributed by atoms with Crippen molar-refractivity contribution < 1.29 is 21.6 Å². The summed E-state index contributed by atoms with van der Waals surface area (Å²) in [5.74, 6) is -0.191. The predicted molar refractivity (Wildman–Crippen MR) is 93.3 cm³/mol. The first-order valence-corrected chi connectivity index (χ1v) is 10.2. The van der Waals surface area contributed by atoms with Crippen LogP contribution in [0.5, 0.6) is 0 Å². The van der Waals surface area contributed by atoms with Crippen molar-refractivity contribution in [3.63, 3.8) is 0 Å². The molecule has 0 atom stereocenters. The highest BCUT2D eigenvalue weighted by atomic mass is 32.2. The summed E-state index contributed by atoms with van der Waals surface area (Å²) in [5, 5.41) is 3.98. The number of halogens is 3. The summed E-state index contributed by atoms with van der Waals surface area (Å²) in [6, 6.07) is 3.34. The quantitative estimate of drug-likeness (QED) is 0.658. The van der Waals surface area contributed by atoms with Crippen molar-refractivity contribution >= 4 is 15.5 Å². The number of pyridine rings is 2. The highest BCUT2D eigenvalue weighted by molar-refractivity contribution is 7.91. The minimum absolute atomic E-state index is 0.0501. The zero-order chi connectivity index (χ0) is 20.3. The standard InChI is InChI=1S/C17H15F3N4O3S/c1-2-28(26,27)13-7-11(10-3-4-10)8-21-15(13)24-16(25)23-9-12(17(18,19)20)5-6-14(23)22-24/h5-10H,2-4H2,1H3. The average Bonchev–Trinajstić information content (AvgIpc) is 3.45. The van der Waals surface area contributed by atoms with E-state index in [0.717, 1.165) is 39.6 Å². The van der Waals surface area contributed by atoms with E-state index in [9.17, 15) is 26.4 Å². The third-order valence-electron chi connectivity index (χ3n) is 4.66. The highest BCUT2D eigenvalue weighted by Crippen LogP contribution is 2.40. The summed E-state index contributed by atoms with van der Waals surface area (Å²) < 4.78 is 65.4. The molecule has 148 valence electrons. The van der Waals surface area contributed by atoms with Crippen molar-refractivity contribution in [3.8, 4) is 5.82 Å². The molecule has 3 aromatic rings. The number of fused-ring (bicyclic) bond motifs is 1. The molecule has 0 N–H and O–H groups in total. The fraction of sp³-hybridized carbons (Fsp3) is 0.353. The van der Waals surface area contributed by atoms with Gasteiger partial charge in [-0.15, -0.1) is 5.10 Å². The van der Waals surface area contributed by atoms with Gasteiger partial charge in [0.2, 0.25) is 0 Å². The van der Waals surface area contributed by atoms with Crippen molar-refractivity contribution in [2.75, 3.05) is 5.75 Å². The molecule has 0 amide bonds. The number of hydrogen-bond acceptors (Lipinski definition) is 5. The summed E-state index contributed by atoms with van der Waals surface area (Å²) in [7, 11) is -3.74. The Labute approximate surface area is 157 Å². The van der Waals surface area contributed by atoms with Gasteiger partial charge in [-0.05, 0) is 42.5 Å². The molecule has 0 aliphatic heterocycles. The topological polar surface area (TPSA) is 86.3 Å². The third kappa shape index (κ3) is 3.09. The molecule has 3 aromatic heterocycles. The van der Waals surface area contributed by atoms with Crippen LogP contribution in [-0.2, 0) is 16.0 Å². The third-order valence-corrected chi connectivity index (χ3v) is 6.39. The van der Waals surface area contributed by atoms with Crippen LogP contribution in [0.1, 0.15) is 36.8 Å². The highest BCUT2D eigenvalue weighted by Gasteiger charge is 2.32. The van der Waals surface area contributed by atoms with Gasteiger partial charge in [0.1, 0.15) is 4.90 Å². The second-order valence-corrected chi connectivity index (χ2v) is 8.85. The van der Waals surface area contributed by atoms with E-state index in [1.54, 1.807) is 0 Å². The van der Waals surface area contributed by atoms with Crippen molar-refractivity contribution in [2.45, 2.75) is 36.8 Å². The average molecular weight is 412 g/mol. The van der Waals surface area contributed by atoms with Crippen molar-refractivity contribution in [1.82, 2.24) is 19.2 Å². The molecule has 28 heavy (non-hydrogen) atoms. The molecule has 3 heterocycles. The number of rotatable bonds is 4. The molecule has 0 radical (unpaired) electrons. The first-order valence-electron chi connectivity index (χ1n) is 8.53. The van der Waals surface area contributed by atoms with Gasteiger partial charge < -0.3 is 0 Å². The molecule has 1 fully saturated rings. The molecule has 0 saturated heterocycles. The number of nitrogens with zero attached hydrogens (tertiary/aromatic N) is 4. The van der Waals surface area contributed by atoms with Crippen LogP contribution in [0.3, 0.4) is 0 Å². The number of aromatic nitrogens is 4. The van der Waals surface area contributed by atoms with E-state index in [1.807, 2.05) is 0 Å². The van der Waals surface area contributed by atoms with E-state index in [-0.39, 0.29) is 28.0 Å². The Morgan fingerprint density at radius 2 is 1.96 bits per heavy atom. The van der Waals surface area contributed by atoms with Gasteiger partial charge in [0.25, 0.3) is 0 Å². The zero-order valence-corrected chi connectivity index (χ0v) is 15.5. The lowest BCUT2D eigenvalue weighted by atomic mass is 10.2. The summed E-state index contributed by atoms with van der Waals surface area (Å²) in [6.45, 7) is 1.46. The maximum absolute atomic E-state index is 12.9. The SMILES string of the molecule is CCS(=O)(=O)c1cc(C2CC2)cnc1-n1nc2ccc(C(F)(F)F)cn2c1=O. The lowest BCUT2D eigenvalue weighted by Crippen LogP contribution is -2.23. The molecule has 0 spiro atoms. The van der Waals surface area contributed by atoms with E-state index in [1.165, 1.54) is 19.2 Å². The fourth-order valence-corrected chi connectivity index (χ4v) is 3.96. The molecule has 7 nitrogen and oxygen atoms in total. The molecule has 1 aliphatic carbocycles. The van der Waals surface area contributed by atoms with Gasteiger partial charge in [0.05, 0.1) is 11.3 Å². The molecular weight excluding hydrogens is 397 g/mol. The molecule has 4 rings (SSSR count). The Morgan fingerprint density at radius 3 is 2.57 bits per heavy atom. The van der Waals surface area contributed by atoms with Gasteiger partial charge in [-0.25, -0.2) is 22.6 Å². The zero-order valence-electron chi connectivity index (χ0n) is 14.6. The number of hydrogen-bond donors (Lipinski definition) is 0. The van der Waals surface area contributed by atoms with Gasteiger partial charge in [-0.1, -0.05) is 6.92 Å². The van der Waals surface area contributed by atoms with Crippen LogP contribution in [0.2, 0.25) is 0 Å². The van der Waals surface area contributed by atoms with Crippen molar-refractivity contribution in [2.24, 2.45) is 0 Å². The maximum atomic E-state index is 12.9. The summed E-state index contributed by atoms with van der Waals surface area (Å²) >= 11 is 0. The predicted octanol–water partition coefficient (Wildman–Crippen LogP) is 2.57. The van der Waals surface area contributed by atoms with Crippen LogP contribution in [0, 0.1) is 0 Å². The molecule has 1 saturated carbocycles. The Morgan fingerprint density at radius 1 is 1.25 bits per heavy atom. The second-order valence-electron chi connectivity index (χ2n) is 6.61. The first kappa shape index (κ1) is 18.7. The van der Waals surface area contributed by atoms with Crippen LogP contribution in [0.4, 0.5) is 13.2 Å². The van der Waals surface area contributed by atoms with Gasteiger partial charge in [0, 0.05) is 12.4 Å². The maximum Gasteiger partial charge on any atom is 0.417 e. The summed E-state index contributed by atoms with van der Waals surface area (Å²) in [4.78, 5) is 16.7. The minimum atomic E-state index is -4.63. The normalized spacial score (nSPS) is 15.3. The first-order chi connectivity index (χ1) is 13.1. The number of alkyl halides is 3. The minimum Gasteiger partial charge on any atom is -0.249 e. The van der Waals surface area contributed by atoms with Crippen LogP contribution in [0.15, 0.2) is 40.3 Å². The van der Waals surface area contributed by atoms with Crippen molar-refractivity contribution in [1.29, 1.82) is 0 Å². The monoisotopic (exact) mass is 412 g/mol. The van der Waals surface area contributed by atoms with Gasteiger partial charge >= 0.3 is 11.9 Å². The van der Waals surface area contributed by atoms with Gasteiger partial charge in [-0.3, -0.25) is 0 Å². The largest absolute Gasteiger partial charge is 0.417 e. The lowest BCUT2D eigenvalue weighted by molar-refractivity contribution is -0.137. The molecule has 0 aromatic carbocycles. The van der Waals surface area contributed by atoms with Crippen LogP contribution in [-0.4, -0.2) is 33.3 Å². The van der Waals surface area contributed by atoms with Crippen molar-refractivity contribution in [3.05, 3.63) is 52.2 Å². The van der Waals surface area contributed by atoms with Gasteiger partial charge in [0.15, 0.2) is 21.3 Å². The van der Waals surface area contributed by atoms with Crippen LogP contribution < -0.4 is 5.69 Å². The molecule has 0 bridgehead atoms. The van der Waals surface area contributed by atoms with E-state index in [0.29, 0.717) is 6.20 Å². The van der Waals surface area contributed by atoms with Gasteiger partial charge in [-0.2, -0.15) is 17.9 Å². The molecule has 1 aliphatic rings. The molecular formula is C17H15F3N4O3S. The van der Waals surface area contributed by atoms with Crippen LogP contribution in [0.25, 0.3) is 11.5 Å².